The Hall–Kier alpha value is -5.03. The number of hydrogen-bond acceptors (Lipinski definition) is 17. The maximum atomic E-state index is 13.4. The van der Waals surface area contributed by atoms with Crippen LogP contribution in [0.3, 0.4) is 0 Å². The van der Waals surface area contributed by atoms with Gasteiger partial charge in [0, 0.05) is 16.7 Å². The van der Waals surface area contributed by atoms with E-state index in [-0.39, 0.29) is 82.9 Å². The number of thioether (sulfide) groups is 1. The fourth-order valence-electron chi connectivity index (χ4n) is 4.63. The van der Waals surface area contributed by atoms with Crippen molar-refractivity contribution >= 4 is 51.7 Å². The molecule has 0 saturated carbocycles. The number of nitrogen functional groups attached to an aromatic ring is 1. The van der Waals surface area contributed by atoms with Crippen molar-refractivity contribution in [3.05, 3.63) is 62.9 Å². The van der Waals surface area contributed by atoms with E-state index in [4.69, 9.17) is 10.6 Å². The van der Waals surface area contributed by atoms with Gasteiger partial charge in [0.15, 0.2) is 40.5 Å². The first kappa shape index (κ1) is 34.3. The minimum atomic E-state index is -1.38. The number of carboxylic acids is 1. The molecule has 23 heteroatoms. The SMILES string of the molecule is Nc1nc(C(=NOCc2ncc(O)c(=O)[nH]2)C(=O)N[C@@H]2C(=O)N3C(C(=O)O)=C(Cn4nnnc4-c4ccc(O)c(O)c4)CS[C@H]23)cs1.[H-].[Na+]. The van der Waals surface area contributed by atoms with Gasteiger partial charge in [-0.05, 0) is 34.2 Å². The quantitative estimate of drug-likeness (QED) is 0.0272. The molecule has 0 bridgehead atoms. The average molecular weight is 708 g/mol. The predicted molar refractivity (Wildman–Crippen MR) is 162 cm³/mol. The van der Waals surface area contributed by atoms with E-state index in [1.165, 1.54) is 40.0 Å². The number of oxime groups is 1. The zero-order chi connectivity index (χ0) is 33.4. The Morgan fingerprint density at radius 3 is 2.69 bits per heavy atom. The number of hydrogen-bond donors (Lipinski definition) is 7. The van der Waals surface area contributed by atoms with Gasteiger partial charge >= 0.3 is 35.5 Å². The topological polar surface area (TPSA) is 297 Å². The number of amides is 2. The Balaban J connectivity index is 0.00000270. The second-order valence-corrected chi connectivity index (χ2v) is 11.8. The normalized spacial score (nSPS) is 17.3. The molecule has 0 unspecified atom stereocenters. The second-order valence-electron chi connectivity index (χ2n) is 9.81. The van der Waals surface area contributed by atoms with Crippen LogP contribution >= 0.6 is 23.1 Å². The second kappa shape index (κ2) is 14.0. The van der Waals surface area contributed by atoms with Gasteiger partial charge in [0.05, 0.1) is 12.7 Å². The number of β-lactam (4-membered cyclic amide) rings is 1. The molecule has 0 aliphatic carbocycles. The smallest absolute Gasteiger partial charge is 1.00 e. The average Bonchev–Trinajstić information content (AvgIpc) is 3.69. The van der Waals surface area contributed by atoms with Crippen molar-refractivity contribution in [3.8, 4) is 28.6 Å². The zero-order valence-corrected chi connectivity index (χ0v) is 28.1. The van der Waals surface area contributed by atoms with Gasteiger partial charge in [-0.1, -0.05) is 5.16 Å². The summed E-state index contributed by atoms with van der Waals surface area (Å²) in [4.78, 5) is 67.0. The number of thiazole rings is 1. The number of carbonyl (C=O) groups excluding carboxylic acids is 2. The van der Waals surface area contributed by atoms with Gasteiger partial charge < -0.3 is 42.7 Å². The van der Waals surface area contributed by atoms with Crippen molar-refractivity contribution in [1.82, 2.24) is 45.4 Å². The monoisotopic (exact) mass is 707 g/mol. The number of phenolic OH excluding ortho intramolecular Hbond substituents is 2. The van der Waals surface area contributed by atoms with E-state index < -0.39 is 52.9 Å². The van der Waals surface area contributed by atoms with Crippen LogP contribution in [-0.2, 0) is 32.4 Å². The fourth-order valence-corrected chi connectivity index (χ4v) is 6.52. The summed E-state index contributed by atoms with van der Waals surface area (Å²) >= 11 is 2.22. The van der Waals surface area contributed by atoms with Gasteiger partial charge in [0.25, 0.3) is 17.4 Å². The third-order valence-corrected chi connectivity index (χ3v) is 8.83. The zero-order valence-electron chi connectivity index (χ0n) is 25.5. The van der Waals surface area contributed by atoms with Crippen molar-refractivity contribution in [2.75, 3.05) is 11.5 Å². The molecule has 244 valence electrons. The van der Waals surface area contributed by atoms with E-state index in [2.05, 4.69) is 40.9 Å². The number of tetrazole rings is 1. The third-order valence-electron chi connectivity index (χ3n) is 6.81. The van der Waals surface area contributed by atoms with Crippen LogP contribution in [0.15, 0.2) is 51.0 Å². The van der Waals surface area contributed by atoms with E-state index in [1.807, 2.05) is 0 Å². The van der Waals surface area contributed by atoms with Gasteiger partial charge in [-0.15, -0.1) is 28.2 Å². The molecule has 2 aliphatic rings. The Bertz CT molecular complexity index is 2050. The Morgan fingerprint density at radius 1 is 1.21 bits per heavy atom. The van der Waals surface area contributed by atoms with E-state index in [1.54, 1.807) is 0 Å². The predicted octanol–water partition coefficient (Wildman–Crippen LogP) is -3.94. The number of rotatable bonds is 10. The molecule has 1 fully saturated rings. The molecule has 6 rings (SSSR count). The van der Waals surface area contributed by atoms with Crippen molar-refractivity contribution < 1.29 is 70.6 Å². The number of aromatic amines is 1. The fraction of sp³-hybridized carbons (Fsp3) is 0.200. The molecule has 4 aromatic rings. The van der Waals surface area contributed by atoms with Crippen LogP contribution in [0, 0.1) is 0 Å². The number of anilines is 1. The van der Waals surface area contributed by atoms with Crippen LogP contribution in [0.25, 0.3) is 11.4 Å². The van der Waals surface area contributed by atoms with Crippen LogP contribution in [-0.4, -0.2) is 101 Å². The number of nitrogens with two attached hydrogens (primary N) is 1. The molecule has 0 radical (unpaired) electrons. The molecule has 8 N–H and O–H groups in total. The largest absolute Gasteiger partial charge is 1.00 e. The number of benzene rings is 1. The summed E-state index contributed by atoms with van der Waals surface area (Å²) in [5.41, 5.74) is 4.96. The number of aliphatic carboxylic acids is 1. The molecule has 2 amide bonds. The standard InChI is InChI=1S/C25H21N11O9S2.Na.H/c26-25-28-11(8-47-25)16(32-45-6-15-27-4-14(39)20(40)29-15)21(41)30-17-22(42)36-18(24(43)44)10(7-46-23(17)36)5-35-19(31-33-34-35)9-1-2-12(37)13(38)3-9;;/h1-4,8,17,23,37-39H,5-7H2,(H2,26,28)(H,30,41)(H,43,44)(H,27,29,40);;/q;+1;-1/t17-,23-;;/m1../s1. The van der Waals surface area contributed by atoms with Crippen LogP contribution < -0.4 is 46.2 Å². The molecular formula is C25H22N11NaO9S2. The number of aromatic hydroxyl groups is 3. The summed E-state index contributed by atoms with van der Waals surface area (Å²) < 4.78 is 1.29. The number of H-pyrrole nitrogens is 1. The van der Waals surface area contributed by atoms with Crippen molar-refractivity contribution in [2.24, 2.45) is 5.16 Å². The molecule has 1 aromatic carbocycles. The first-order valence-electron chi connectivity index (χ1n) is 13.2. The maximum absolute atomic E-state index is 13.4. The number of nitrogens with one attached hydrogen (secondary N) is 2. The van der Waals surface area contributed by atoms with Crippen LogP contribution in [0.5, 0.6) is 17.2 Å². The van der Waals surface area contributed by atoms with E-state index in [9.17, 15) is 39.6 Å². The summed E-state index contributed by atoms with van der Waals surface area (Å²) in [5, 5.41) is 57.6. The first-order chi connectivity index (χ1) is 22.5. The molecule has 1 saturated heterocycles. The molecule has 20 nitrogen and oxygen atoms in total. The van der Waals surface area contributed by atoms with Crippen LogP contribution in [0.4, 0.5) is 5.13 Å². The van der Waals surface area contributed by atoms with E-state index in [0.717, 1.165) is 22.4 Å². The molecule has 3 aromatic heterocycles. The molecular weight excluding hydrogens is 685 g/mol. The minimum absolute atomic E-state index is 0. The molecule has 2 atom stereocenters. The summed E-state index contributed by atoms with van der Waals surface area (Å²) in [6.07, 6.45) is 0.917. The maximum Gasteiger partial charge on any atom is 1.00 e. The first-order valence-corrected chi connectivity index (χ1v) is 15.1. The van der Waals surface area contributed by atoms with Gasteiger partial charge in [-0.25, -0.2) is 19.4 Å². The van der Waals surface area contributed by atoms with E-state index >= 15 is 0 Å². The Kier molecular flexibility index (Phi) is 10.00. The summed E-state index contributed by atoms with van der Waals surface area (Å²) in [7, 11) is 0. The van der Waals surface area contributed by atoms with Gasteiger partial charge in [-0.2, -0.15) is 0 Å². The van der Waals surface area contributed by atoms with Crippen LogP contribution in [0.2, 0.25) is 0 Å². The number of carboxylic acid groups (broad SMARTS) is 1. The van der Waals surface area contributed by atoms with Crippen molar-refractivity contribution in [2.45, 2.75) is 24.6 Å². The van der Waals surface area contributed by atoms with Crippen LogP contribution in [0.1, 0.15) is 12.9 Å². The van der Waals surface area contributed by atoms with Gasteiger partial charge in [0.2, 0.25) is 0 Å². The van der Waals surface area contributed by atoms with Gasteiger partial charge in [-0.3, -0.25) is 19.3 Å². The Labute approximate surface area is 299 Å². The van der Waals surface area contributed by atoms with Crippen molar-refractivity contribution in [3.63, 3.8) is 0 Å². The summed E-state index contributed by atoms with van der Waals surface area (Å²) in [6, 6.07) is 2.83. The summed E-state index contributed by atoms with van der Waals surface area (Å²) in [5.74, 6) is -3.99. The van der Waals surface area contributed by atoms with Crippen molar-refractivity contribution in [1.29, 1.82) is 0 Å². The number of carbonyl (C=O) groups is 3. The number of phenols is 2. The Morgan fingerprint density at radius 2 is 2.00 bits per heavy atom. The number of fused-ring (bicyclic) bond motifs is 1. The molecule has 48 heavy (non-hydrogen) atoms. The third kappa shape index (κ3) is 6.68. The molecule has 0 spiro atoms. The van der Waals surface area contributed by atoms with E-state index in [0.29, 0.717) is 11.1 Å². The number of aromatic nitrogens is 7. The molecule has 5 heterocycles. The van der Waals surface area contributed by atoms with Gasteiger partial charge in [0.1, 0.15) is 28.6 Å². The summed E-state index contributed by atoms with van der Waals surface area (Å²) in [6.45, 7) is -0.514. The minimum Gasteiger partial charge on any atom is -1.00 e. The number of nitrogens with zero attached hydrogens (tertiary/aromatic N) is 8. The molecule has 2 aliphatic heterocycles.